The highest BCUT2D eigenvalue weighted by atomic mass is 32.1. The van der Waals surface area contributed by atoms with Crippen LogP contribution in [0.25, 0.3) is 10.4 Å². The van der Waals surface area contributed by atoms with Crippen molar-refractivity contribution in [3.63, 3.8) is 0 Å². The van der Waals surface area contributed by atoms with Gasteiger partial charge in [0.05, 0.1) is 12.1 Å². The third kappa shape index (κ3) is 4.90. The van der Waals surface area contributed by atoms with E-state index in [-0.39, 0.29) is 29.3 Å². The molecule has 1 heterocycles. The van der Waals surface area contributed by atoms with E-state index in [9.17, 15) is 18.4 Å². The monoisotopic (exact) mass is 429 g/mol. The van der Waals surface area contributed by atoms with Crippen LogP contribution in [0.5, 0.6) is 5.06 Å². The zero-order valence-electron chi connectivity index (χ0n) is 15.7. The quantitative estimate of drug-likeness (QED) is 0.397. The predicted octanol–water partition coefficient (Wildman–Crippen LogP) is 5.51. The van der Waals surface area contributed by atoms with Crippen molar-refractivity contribution in [3.8, 4) is 15.5 Å². The summed E-state index contributed by atoms with van der Waals surface area (Å²) in [4.78, 5) is 26.1. The second kappa shape index (κ2) is 9.32. The van der Waals surface area contributed by atoms with Gasteiger partial charge in [-0.15, -0.1) is 6.58 Å². The van der Waals surface area contributed by atoms with E-state index in [4.69, 9.17) is 9.84 Å². The summed E-state index contributed by atoms with van der Waals surface area (Å²) in [6.45, 7) is 3.67. The zero-order chi connectivity index (χ0) is 21.7. The van der Waals surface area contributed by atoms with Gasteiger partial charge in [0.15, 0.2) is 0 Å². The lowest BCUT2D eigenvalue weighted by atomic mass is 10.1. The molecule has 0 aliphatic rings. The average molecular weight is 429 g/mol. The number of halogens is 2. The summed E-state index contributed by atoms with van der Waals surface area (Å²) in [6, 6.07) is 13.8. The second-order valence-corrected chi connectivity index (χ2v) is 7.24. The molecular formula is C22H17F2NO4S. The molecular weight excluding hydrogens is 412 g/mol. The SMILES string of the molecule is C=CCN(C(=O)Cc1ccc(F)cc1F)c1cc(-c2ccccc2)sc1OC(=O)O. The van der Waals surface area contributed by atoms with Gasteiger partial charge in [0.1, 0.15) is 11.6 Å². The van der Waals surface area contributed by atoms with Gasteiger partial charge in [-0.3, -0.25) is 4.79 Å². The number of amides is 1. The van der Waals surface area contributed by atoms with Gasteiger partial charge in [-0.05, 0) is 23.3 Å². The molecule has 0 saturated carbocycles. The lowest BCUT2D eigenvalue weighted by Gasteiger charge is -2.21. The second-order valence-electron chi connectivity index (χ2n) is 6.22. The number of carbonyl (C=O) groups is 2. The van der Waals surface area contributed by atoms with Gasteiger partial charge in [0.2, 0.25) is 11.0 Å². The standard InChI is InChI=1S/C22H17F2NO4S/c1-2-10-25(20(26)11-15-8-9-16(23)12-17(15)24)18-13-19(14-6-4-3-5-7-14)30-21(18)29-22(27)28/h2-9,12-13H,1,10-11H2,(H,27,28). The van der Waals surface area contributed by atoms with Crippen molar-refractivity contribution < 1.29 is 28.2 Å². The molecule has 1 aromatic heterocycles. The summed E-state index contributed by atoms with van der Waals surface area (Å²) < 4.78 is 32.1. The number of nitrogens with zero attached hydrogens (tertiary/aromatic N) is 1. The maximum atomic E-state index is 14.0. The number of thiophene rings is 1. The maximum absolute atomic E-state index is 14.0. The summed E-state index contributed by atoms with van der Waals surface area (Å²) in [5.41, 5.74) is 1.07. The van der Waals surface area contributed by atoms with E-state index in [0.717, 1.165) is 23.0 Å². The van der Waals surface area contributed by atoms with Gasteiger partial charge in [-0.2, -0.15) is 0 Å². The van der Waals surface area contributed by atoms with Crippen molar-refractivity contribution in [3.05, 3.63) is 84.5 Å². The van der Waals surface area contributed by atoms with Crippen molar-refractivity contribution in [1.82, 2.24) is 0 Å². The molecule has 0 atom stereocenters. The van der Waals surface area contributed by atoms with Crippen LogP contribution in [0.4, 0.5) is 19.3 Å². The summed E-state index contributed by atoms with van der Waals surface area (Å²) in [6.07, 6.45) is -0.403. The van der Waals surface area contributed by atoms with Gasteiger partial charge >= 0.3 is 6.16 Å². The van der Waals surface area contributed by atoms with E-state index in [2.05, 4.69) is 6.58 Å². The molecule has 2 aromatic carbocycles. The fourth-order valence-corrected chi connectivity index (χ4v) is 3.85. The molecule has 3 aromatic rings. The van der Waals surface area contributed by atoms with Crippen LogP contribution in [0.2, 0.25) is 0 Å². The lowest BCUT2D eigenvalue weighted by molar-refractivity contribution is -0.117. The van der Waals surface area contributed by atoms with E-state index in [1.54, 1.807) is 6.07 Å². The number of hydrogen-bond donors (Lipinski definition) is 1. The highest BCUT2D eigenvalue weighted by molar-refractivity contribution is 7.18. The molecule has 1 N–H and O–H groups in total. The largest absolute Gasteiger partial charge is 0.512 e. The smallest absolute Gasteiger partial charge is 0.449 e. The summed E-state index contributed by atoms with van der Waals surface area (Å²) >= 11 is 1.07. The molecule has 0 aliphatic heterocycles. The van der Waals surface area contributed by atoms with Crippen molar-refractivity contribution in [2.75, 3.05) is 11.4 Å². The zero-order valence-corrected chi connectivity index (χ0v) is 16.5. The minimum Gasteiger partial charge on any atom is -0.449 e. The molecule has 154 valence electrons. The molecule has 0 spiro atoms. The average Bonchev–Trinajstić information content (AvgIpc) is 3.11. The topological polar surface area (TPSA) is 66.8 Å². The number of rotatable bonds is 7. The van der Waals surface area contributed by atoms with Crippen LogP contribution in [0.3, 0.4) is 0 Å². The van der Waals surface area contributed by atoms with E-state index >= 15 is 0 Å². The summed E-state index contributed by atoms with van der Waals surface area (Å²) in [5, 5.41) is 9.11. The number of carboxylic acid groups (broad SMARTS) is 1. The Morgan fingerprint density at radius 3 is 2.50 bits per heavy atom. The van der Waals surface area contributed by atoms with Gasteiger partial charge in [0, 0.05) is 17.5 Å². The van der Waals surface area contributed by atoms with E-state index in [1.807, 2.05) is 30.3 Å². The summed E-state index contributed by atoms with van der Waals surface area (Å²) in [5.74, 6) is -2.10. The van der Waals surface area contributed by atoms with Crippen molar-refractivity contribution >= 4 is 29.1 Å². The van der Waals surface area contributed by atoms with Crippen LogP contribution < -0.4 is 9.64 Å². The van der Waals surface area contributed by atoms with Crippen LogP contribution in [-0.4, -0.2) is 23.7 Å². The van der Waals surface area contributed by atoms with Crippen molar-refractivity contribution in [2.24, 2.45) is 0 Å². The Balaban J connectivity index is 1.99. The fraction of sp³-hybridized carbons (Fsp3) is 0.0909. The Bertz CT molecular complexity index is 1080. The third-order valence-electron chi connectivity index (χ3n) is 4.18. The first-order valence-electron chi connectivity index (χ1n) is 8.84. The Hall–Kier alpha value is -3.52. The first kappa shape index (κ1) is 21.2. The first-order valence-corrected chi connectivity index (χ1v) is 9.66. The Labute approximate surface area is 175 Å². The molecule has 5 nitrogen and oxygen atoms in total. The molecule has 0 fully saturated rings. The van der Waals surface area contributed by atoms with Gasteiger partial charge in [-0.25, -0.2) is 13.6 Å². The highest BCUT2D eigenvalue weighted by Gasteiger charge is 2.24. The molecule has 0 radical (unpaired) electrons. The molecule has 0 saturated heterocycles. The van der Waals surface area contributed by atoms with Gasteiger partial charge in [-0.1, -0.05) is 53.8 Å². The molecule has 0 aliphatic carbocycles. The van der Waals surface area contributed by atoms with Gasteiger partial charge in [0.25, 0.3) is 0 Å². The Morgan fingerprint density at radius 1 is 1.13 bits per heavy atom. The number of hydrogen-bond acceptors (Lipinski definition) is 4. The lowest BCUT2D eigenvalue weighted by Crippen LogP contribution is -2.32. The minimum atomic E-state index is -1.52. The van der Waals surface area contributed by atoms with E-state index < -0.39 is 23.7 Å². The van der Waals surface area contributed by atoms with Crippen LogP contribution in [0, 0.1) is 11.6 Å². The molecule has 3 rings (SSSR count). The first-order chi connectivity index (χ1) is 14.4. The number of ether oxygens (including phenoxy) is 1. The number of anilines is 1. The van der Waals surface area contributed by atoms with Crippen LogP contribution in [0.1, 0.15) is 5.56 Å². The molecule has 30 heavy (non-hydrogen) atoms. The van der Waals surface area contributed by atoms with E-state index in [1.165, 1.54) is 17.0 Å². The molecule has 0 bridgehead atoms. The fourth-order valence-electron chi connectivity index (χ4n) is 2.84. The predicted molar refractivity (Wildman–Crippen MR) is 111 cm³/mol. The van der Waals surface area contributed by atoms with Crippen LogP contribution in [-0.2, 0) is 11.2 Å². The minimum absolute atomic E-state index is 0.0103. The normalized spacial score (nSPS) is 10.5. The van der Waals surface area contributed by atoms with Crippen LogP contribution >= 0.6 is 11.3 Å². The third-order valence-corrected chi connectivity index (χ3v) is 5.23. The Kier molecular flexibility index (Phi) is 6.58. The van der Waals surface area contributed by atoms with Crippen molar-refractivity contribution in [2.45, 2.75) is 6.42 Å². The van der Waals surface area contributed by atoms with Crippen molar-refractivity contribution in [1.29, 1.82) is 0 Å². The molecule has 0 unspecified atom stereocenters. The number of carbonyl (C=O) groups excluding carboxylic acids is 1. The van der Waals surface area contributed by atoms with Gasteiger partial charge < -0.3 is 14.7 Å². The van der Waals surface area contributed by atoms with E-state index in [0.29, 0.717) is 10.9 Å². The number of benzene rings is 2. The van der Waals surface area contributed by atoms with Crippen LogP contribution in [0.15, 0.2) is 67.3 Å². The molecule has 1 amide bonds. The molecule has 8 heteroatoms. The Morgan fingerprint density at radius 2 is 1.87 bits per heavy atom. The summed E-state index contributed by atoms with van der Waals surface area (Å²) in [7, 11) is 0. The highest BCUT2D eigenvalue weighted by Crippen LogP contribution is 2.43. The maximum Gasteiger partial charge on any atom is 0.512 e.